The number of hydrogen-bond donors (Lipinski definition) is 1. The summed E-state index contributed by atoms with van der Waals surface area (Å²) >= 11 is 0. The summed E-state index contributed by atoms with van der Waals surface area (Å²) < 4.78 is 0. The Balaban J connectivity index is 1.71. The van der Waals surface area contributed by atoms with Gasteiger partial charge >= 0.3 is 0 Å². The van der Waals surface area contributed by atoms with Crippen molar-refractivity contribution >= 4 is 11.6 Å². The molecule has 4 aliphatic rings. The van der Waals surface area contributed by atoms with Crippen molar-refractivity contribution in [1.29, 1.82) is 0 Å². The molecule has 4 aliphatic carbocycles. The fraction of sp³-hybridized carbons (Fsp3) is 0.818. The van der Waals surface area contributed by atoms with Crippen LogP contribution in [0.5, 0.6) is 0 Å². The van der Waals surface area contributed by atoms with E-state index in [0.29, 0.717) is 24.0 Å². The second kappa shape index (κ2) is 5.52. The highest BCUT2D eigenvalue weighted by Gasteiger charge is 2.64. The van der Waals surface area contributed by atoms with Crippen LogP contribution in [0.2, 0.25) is 0 Å². The quantitative estimate of drug-likeness (QED) is 0.821. The van der Waals surface area contributed by atoms with Gasteiger partial charge in [0.1, 0.15) is 6.61 Å². The van der Waals surface area contributed by atoms with E-state index in [4.69, 9.17) is 0 Å². The molecule has 0 aromatic rings. The van der Waals surface area contributed by atoms with Gasteiger partial charge in [-0.2, -0.15) is 0 Å². The highest BCUT2D eigenvalue weighted by Crippen LogP contribution is 2.71. The third-order valence-corrected chi connectivity index (χ3v) is 9.11. The Morgan fingerprint density at radius 3 is 2.52 bits per heavy atom. The summed E-state index contributed by atoms with van der Waals surface area (Å²) in [6.07, 6.45) is 10.2. The van der Waals surface area contributed by atoms with E-state index in [1.54, 1.807) is 0 Å². The molecule has 25 heavy (non-hydrogen) atoms. The predicted molar refractivity (Wildman–Crippen MR) is 96.9 cm³/mol. The second-order valence-corrected chi connectivity index (χ2v) is 9.96. The average molecular weight is 344 g/mol. The molecule has 0 amide bonds. The van der Waals surface area contributed by atoms with E-state index in [1.807, 2.05) is 6.08 Å². The monoisotopic (exact) mass is 344 g/mol. The van der Waals surface area contributed by atoms with Gasteiger partial charge in [0.05, 0.1) is 0 Å². The predicted octanol–water partition coefficient (Wildman–Crippen LogP) is 4.09. The van der Waals surface area contributed by atoms with Crippen LogP contribution in [0.25, 0.3) is 0 Å². The van der Waals surface area contributed by atoms with Gasteiger partial charge in [0.15, 0.2) is 11.6 Å². The zero-order chi connectivity index (χ0) is 18.0. The lowest BCUT2D eigenvalue weighted by molar-refractivity contribution is -0.142. The largest absolute Gasteiger partial charge is 0.389 e. The van der Waals surface area contributed by atoms with Crippen molar-refractivity contribution in [3.8, 4) is 0 Å². The number of hydrogen-bond acceptors (Lipinski definition) is 3. The molecule has 0 bridgehead atoms. The molecule has 4 rings (SSSR count). The van der Waals surface area contributed by atoms with Gasteiger partial charge in [-0.05, 0) is 79.1 Å². The summed E-state index contributed by atoms with van der Waals surface area (Å²) in [5, 5.41) is 9.43. The van der Waals surface area contributed by atoms with Crippen LogP contribution in [0.3, 0.4) is 0 Å². The molecule has 0 aromatic carbocycles. The molecule has 0 spiro atoms. The number of fused-ring (bicyclic) bond motifs is 5. The van der Waals surface area contributed by atoms with Gasteiger partial charge in [-0.15, -0.1) is 0 Å². The van der Waals surface area contributed by atoms with E-state index in [2.05, 4.69) is 20.8 Å². The maximum absolute atomic E-state index is 12.4. The van der Waals surface area contributed by atoms with Gasteiger partial charge < -0.3 is 5.11 Å². The number of aliphatic hydroxyl groups excluding tert-OH is 1. The molecule has 0 saturated heterocycles. The summed E-state index contributed by atoms with van der Waals surface area (Å²) in [5.41, 5.74) is 1.87. The lowest BCUT2D eigenvalue weighted by atomic mass is 9.41. The van der Waals surface area contributed by atoms with Crippen molar-refractivity contribution in [1.82, 2.24) is 0 Å². The lowest BCUT2D eigenvalue weighted by Gasteiger charge is -2.63. The normalized spacial score (nSPS) is 49.0. The molecule has 3 fully saturated rings. The molecule has 0 radical (unpaired) electrons. The van der Waals surface area contributed by atoms with Gasteiger partial charge in [0.25, 0.3) is 0 Å². The Morgan fingerprint density at radius 2 is 1.80 bits per heavy atom. The SMILES string of the molecule is CC12CCC(=O)C=C1CCC1(C)C2CCC2(C)C(C(=O)CO)CCC21. The van der Waals surface area contributed by atoms with Crippen LogP contribution < -0.4 is 0 Å². The van der Waals surface area contributed by atoms with E-state index < -0.39 is 0 Å². The first-order valence-electron chi connectivity index (χ1n) is 10.1. The van der Waals surface area contributed by atoms with E-state index in [1.165, 1.54) is 5.57 Å². The number of carbonyl (C=O) groups excluding carboxylic acids is 2. The molecule has 6 unspecified atom stereocenters. The van der Waals surface area contributed by atoms with Gasteiger partial charge in [-0.25, -0.2) is 0 Å². The van der Waals surface area contributed by atoms with Gasteiger partial charge in [0.2, 0.25) is 0 Å². The molecule has 3 nitrogen and oxygen atoms in total. The third kappa shape index (κ3) is 2.20. The molecule has 3 heteroatoms. The summed E-state index contributed by atoms with van der Waals surface area (Å²) in [4.78, 5) is 24.3. The smallest absolute Gasteiger partial charge is 0.161 e. The fourth-order valence-electron chi connectivity index (χ4n) is 7.86. The average Bonchev–Trinajstić information content (AvgIpc) is 2.93. The third-order valence-electron chi connectivity index (χ3n) is 9.11. The molecular formula is C22H32O3. The number of aliphatic hydroxyl groups is 1. The minimum Gasteiger partial charge on any atom is -0.389 e. The lowest BCUT2D eigenvalue weighted by Crippen LogP contribution is -2.56. The fourth-order valence-corrected chi connectivity index (χ4v) is 7.86. The summed E-state index contributed by atoms with van der Waals surface area (Å²) in [6, 6.07) is 0. The Labute approximate surface area is 151 Å². The van der Waals surface area contributed by atoms with Crippen molar-refractivity contribution in [3.63, 3.8) is 0 Å². The molecule has 6 atom stereocenters. The molecule has 1 N–H and O–H groups in total. The van der Waals surface area contributed by atoms with Crippen molar-refractivity contribution in [2.45, 2.75) is 72.1 Å². The van der Waals surface area contributed by atoms with Crippen LogP contribution in [0, 0.1) is 34.0 Å². The molecule has 0 heterocycles. The maximum atomic E-state index is 12.4. The number of Topliss-reactive ketones (excluding diaryl/α,β-unsaturated/α-hetero) is 1. The van der Waals surface area contributed by atoms with E-state index in [0.717, 1.165) is 44.9 Å². The van der Waals surface area contributed by atoms with Crippen molar-refractivity contribution < 1.29 is 14.7 Å². The summed E-state index contributed by atoms with van der Waals surface area (Å²) in [6.45, 7) is 6.90. The van der Waals surface area contributed by atoms with Crippen molar-refractivity contribution in [3.05, 3.63) is 11.6 Å². The highest BCUT2D eigenvalue weighted by atomic mass is 16.3. The number of rotatable bonds is 2. The molecule has 138 valence electrons. The Bertz CT molecular complexity index is 650. The van der Waals surface area contributed by atoms with Crippen molar-refractivity contribution in [2.24, 2.45) is 34.0 Å². The number of ketones is 2. The first kappa shape index (κ1) is 17.5. The van der Waals surface area contributed by atoms with Crippen LogP contribution in [-0.4, -0.2) is 23.3 Å². The van der Waals surface area contributed by atoms with Crippen LogP contribution >= 0.6 is 0 Å². The minimum absolute atomic E-state index is 0.0398. The Morgan fingerprint density at radius 1 is 1.04 bits per heavy atom. The molecule has 0 aliphatic heterocycles. The molecular weight excluding hydrogens is 312 g/mol. The topological polar surface area (TPSA) is 54.4 Å². The van der Waals surface area contributed by atoms with Gasteiger partial charge in [0, 0.05) is 12.3 Å². The highest BCUT2D eigenvalue weighted by molar-refractivity contribution is 5.91. The van der Waals surface area contributed by atoms with E-state index in [9.17, 15) is 14.7 Å². The molecule has 3 saturated carbocycles. The zero-order valence-corrected chi connectivity index (χ0v) is 15.9. The summed E-state index contributed by atoms with van der Waals surface area (Å²) in [5.74, 6) is 1.59. The second-order valence-electron chi connectivity index (χ2n) is 9.96. The number of allylic oxidation sites excluding steroid dienone is 1. The van der Waals surface area contributed by atoms with Crippen LogP contribution in [0.15, 0.2) is 11.6 Å². The zero-order valence-electron chi connectivity index (χ0n) is 15.9. The van der Waals surface area contributed by atoms with Gasteiger partial charge in [-0.1, -0.05) is 26.3 Å². The first-order chi connectivity index (χ1) is 11.8. The van der Waals surface area contributed by atoms with E-state index >= 15 is 0 Å². The molecule has 0 aromatic heterocycles. The number of carbonyl (C=O) groups is 2. The maximum Gasteiger partial charge on any atom is 0.161 e. The summed E-state index contributed by atoms with van der Waals surface area (Å²) in [7, 11) is 0. The van der Waals surface area contributed by atoms with Gasteiger partial charge in [-0.3, -0.25) is 9.59 Å². The van der Waals surface area contributed by atoms with Crippen LogP contribution in [0.4, 0.5) is 0 Å². The van der Waals surface area contributed by atoms with Crippen molar-refractivity contribution in [2.75, 3.05) is 6.61 Å². The van der Waals surface area contributed by atoms with Crippen LogP contribution in [0.1, 0.15) is 72.1 Å². The minimum atomic E-state index is -0.306. The first-order valence-corrected chi connectivity index (χ1v) is 10.1. The van der Waals surface area contributed by atoms with Crippen LogP contribution in [-0.2, 0) is 9.59 Å². The Hall–Kier alpha value is -0.960. The Kier molecular flexibility index (Phi) is 3.85. The van der Waals surface area contributed by atoms with E-state index in [-0.39, 0.29) is 34.6 Å². The standard InChI is InChI=1S/C22H32O3/c1-20-10-7-15(24)12-14(20)6-9-22(3)18-5-4-16(17(25)13-23)21(18,2)11-8-19(20)22/h12,16,18-19,23H,4-11,13H2,1-3H3.